The Bertz CT molecular complexity index is 588. The number of hydrogen-bond acceptors (Lipinski definition) is 4. The van der Waals surface area contributed by atoms with Crippen LogP contribution in [0.25, 0.3) is 11.0 Å². The van der Waals surface area contributed by atoms with Crippen LogP contribution in [0.2, 0.25) is 0 Å². The summed E-state index contributed by atoms with van der Waals surface area (Å²) in [6, 6.07) is 7.77. The van der Waals surface area contributed by atoms with E-state index in [0.29, 0.717) is 25.5 Å². The number of anilines is 1. The minimum Gasteiger partial charge on any atom is -0.356 e. The molecule has 2 aromatic rings. The molecule has 6 nitrogen and oxygen atoms in total. The molecule has 1 heterocycles. The van der Waals surface area contributed by atoms with Crippen molar-refractivity contribution in [2.45, 2.75) is 6.42 Å². The topological polar surface area (TPSA) is 86.9 Å². The Morgan fingerprint density at radius 3 is 2.78 bits per heavy atom. The molecule has 0 unspecified atom stereocenters. The summed E-state index contributed by atoms with van der Waals surface area (Å²) in [7, 11) is -3.09. The van der Waals surface area contributed by atoms with Crippen LogP contribution in [0.15, 0.2) is 24.3 Å². The van der Waals surface area contributed by atoms with Gasteiger partial charge in [-0.1, -0.05) is 12.1 Å². The molecule has 0 bridgehead atoms. The van der Waals surface area contributed by atoms with Crippen molar-refractivity contribution in [2.75, 3.05) is 24.7 Å². The highest BCUT2D eigenvalue weighted by Gasteiger charge is 2.01. The van der Waals surface area contributed by atoms with Crippen LogP contribution in [0, 0.1) is 0 Å². The van der Waals surface area contributed by atoms with Gasteiger partial charge in [0.1, 0.15) is 0 Å². The molecule has 3 N–H and O–H groups in total. The third kappa shape index (κ3) is 3.71. The highest BCUT2D eigenvalue weighted by atomic mass is 32.2. The zero-order valence-electron chi connectivity index (χ0n) is 10.1. The van der Waals surface area contributed by atoms with Crippen molar-refractivity contribution in [2.24, 2.45) is 0 Å². The standard InChI is InChI=1S/C11H16N4O2S/c1-18(16,17)13-8-4-7-12-11-14-9-5-2-3-6-10(9)15-11/h2-3,5-6,13H,4,7-8H2,1H3,(H2,12,14,15). The zero-order valence-corrected chi connectivity index (χ0v) is 10.9. The average molecular weight is 268 g/mol. The van der Waals surface area contributed by atoms with Crippen molar-refractivity contribution in [1.29, 1.82) is 0 Å². The summed E-state index contributed by atoms with van der Waals surface area (Å²) in [5.41, 5.74) is 1.89. The molecule has 0 atom stereocenters. The smallest absolute Gasteiger partial charge is 0.208 e. The van der Waals surface area contributed by atoms with E-state index < -0.39 is 10.0 Å². The van der Waals surface area contributed by atoms with E-state index in [9.17, 15) is 8.42 Å². The van der Waals surface area contributed by atoms with Crippen molar-refractivity contribution >= 4 is 27.0 Å². The van der Waals surface area contributed by atoms with Gasteiger partial charge in [-0.05, 0) is 18.6 Å². The van der Waals surface area contributed by atoms with E-state index in [1.165, 1.54) is 0 Å². The van der Waals surface area contributed by atoms with Gasteiger partial charge in [0.15, 0.2) is 0 Å². The third-order valence-electron chi connectivity index (χ3n) is 2.40. The molecule has 18 heavy (non-hydrogen) atoms. The predicted molar refractivity (Wildman–Crippen MR) is 72.0 cm³/mol. The number of hydrogen-bond donors (Lipinski definition) is 3. The molecular weight excluding hydrogens is 252 g/mol. The summed E-state index contributed by atoms with van der Waals surface area (Å²) in [5.74, 6) is 0.704. The molecule has 2 rings (SSSR count). The van der Waals surface area contributed by atoms with Crippen LogP contribution < -0.4 is 10.0 Å². The molecule has 0 aliphatic rings. The summed E-state index contributed by atoms with van der Waals surface area (Å²) in [6.45, 7) is 1.08. The third-order valence-corrected chi connectivity index (χ3v) is 3.13. The Morgan fingerprint density at radius 2 is 2.06 bits per heavy atom. The van der Waals surface area contributed by atoms with Gasteiger partial charge in [-0.2, -0.15) is 0 Å². The molecule has 0 saturated carbocycles. The maximum atomic E-state index is 10.8. The molecule has 0 amide bonds. The maximum absolute atomic E-state index is 10.8. The number of aromatic amines is 1. The molecule has 0 saturated heterocycles. The number of nitrogens with zero attached hydrogens (tertiary/aromatic N) is 1. The number of fused-ring (bicyclic) bond motifs is 1. The lowest BCUT2D eigenvalue weighted by molar-refractivity contribution is 0.586. The lowest BCUT2D eigenvalue weighted by Crippen LogP contribution is -2.24. The molecule has 0 fully saturated rings. The lowest BCUT2D eigenvalue weighted by Gasteiger charge is -2.03. The van der Waals surface area contributed by atoms with E-state index in [2.05, 4.69) is 20.0 Å². The Labute approximate surface area is 106 Å². The quantitative estimate of drug-likeness (QED) is 0.680. The van der Waals surface area contributed by atoms with Gasteiger partial charge in [0.25, 0.3) is 0 Å². The second-order valence-corrected chi connectivity index (χ2v) is 5.88. The van der Waals surface area contributed by atoms with Crippen LogP contribution >= 0.6 is 0 Å². The number of aromatic nitrogens is 2. The van der Waals surface area contributed by atoms with Gasteiger partial charge in [0.05, 0.1) is 17.3 Å². The largest absolute Gasteiger partial charge is 0.356 e. The molecular formula is C11H16N4O2S. The second kappa shape index (κ2) is 5.36. The number of benzene rings is 1. The maximum Gasteiger partial charge on any atom is 0.208 e. The highest BCUT2D eigenvalue weighted by molar-refractivity contribution is 7.88. The van der Waals surface area contributed by atoms with Crippen LogP contribution in [-0.2, 0) is 10.0 Å². The highest BCUT2D eigenvalue weighted by Crippen LogP contribution is 2.12. The number of sulfonamides is 1. The molecule has 0 radical (unpaired) electrons. The SMILES string of the molecule is CS(=O)(=O)NCCCNc1nc2ccccc2[nH]1. The van der Waals surface area contributed by atoms with Crippen LogP contribution in [0.4, 0.5) is 5.95 Å². The van der Waals surface area contributed by atoms with Gasteiger partial charge >= 0.3 is 0 Å². The summed E-state index contributed by atoms with van der Waals surface area (Å²) in [6.07, 6.45) is 1.85. The Kier molecular flexibility index (Phi) is 3.83. The van der Waals surface area contributed by atoms with E-state index in [1.807, 2.05) is 24.3 Å². The number of nitrogens with one attached hydrogen (secondary N) is 3. The van der Waals surface area contributed by atoms with Crippen molar-refractivity contribution in [3.8, 4) is 0 Å². The summed E-state index contributed by atoms with van der Waals surface area (Å²) >= 11 is 0. The van der Waals surface area contributed by atoms with Gasteiger partial charge in [0.2, 0.25) is 16.0 Å². The molecule has 0 spiro atoms. The molecule has 0 aliphatic carbocycles. The van der Waals surface area contributed by atoms with Crippen molar-refractivity contribution in [1.82, 2.24) is 14.7 Å². The number of H-pyrrole nitrogens is 1. The minimum absolute atomic E-state index is 0.423. The number of rotatable bonds is 6. The van der Waals surface area contributed by atoms with Gasteiger partial charge < -0.3 is 10.3 Å². The number of imidazole rings is 1. The molecule has 7 heteroatoms. The fraction of sp³-hybridized carbons (Fsp3) is 0.364. The minimum atomic E-state index is -3.09. The van der Waals surface area contributed by atoms with E-state index in [0.717, 1.165) is 17.3 Å². The van der Waals surface area contributed by atoms with E-state index in [1.54, 1.807) is 0 Å². The van der Waals surface area contributed by atoms with Crippen LogP contribution in [0.3, 0.4) is 0 Å². The Balaban J connectivity index is 1.80. The second-order valence-electron chi connectivity index (χ2n) is 4.05. The molecule has 98 valence electrons. The monoisotopic (exact) mass is 268 g/mol. The first-order chi connectivity index (χ1) is 8.54. The first kappa shape index (κ1) is 12.8. The normalized spacial score (nSPS) is 11.8. The summed E-state index contributed by atoms with van der Waals surface area (Å²) in [5, 5.41) is 3.12. The first-order valence-electron chi connectivity index (χ1n) is 5.68. The first-order valence-corrected chi connectivity index (χ1v) is 7.57. The fourth-order valence-electron chi connectivity index (χ4n) is 1.59. The Hall–Kier alpha value is -1.60. The van der Waals surface area contributed by atoms with Gasteiger partial charge in [-0.3, -0.25) is 0 Å². The average Bonchev–Trinajstić information content (AvgIpc) is 2.69. The summed E-state index contributed by atoms with van der Waals surface area (Å²) in [4.78, 5) is 7.50. The van der Waals surface area contributed by atoms with Gasteiger partial charge in [-0.25, -0.2) is 18.1 Å². The molecule has 1 aromatic heterocycles. The fourth-order valence-corrected chi connectivity index (χ4v) is 2.10. The van der Waals surface area contributed by atoms with Gasteiger partial charge in [-0.15, -0.1) is 0 Å². The summed E-state index contributed by atoms with van der Waals surface area (Å²) < 4.78 is 24.1. The zero-order chi connectivity index (χ0) is 13.0. The Morgan fingerprint density at radius 1 is 1.28 bits per heavy atom. The van der Waals surface area contributed by atoms with Crippen LogP contribution in [0.5, 0.6) is 0 Å². The molecule has 1 aromatic carbocycles. The van der Waals surface area contributed by atoms with Crippen molar-refractivity contribution in [3.05, 3.63) is 24.3 Å². The van der Waals surface area contributed by atoms with Crippen molar-refractivity contribution in [3.63, 3.8) is 0 Å². The number of para-hydroxylation sites is 2. The predicted octanol–water partition coefficient (Wildman–Crippen LogP) is 0.914. The van der Waals surface area contributed by atoms with E-state index in [4.69, 9.17) is 0 Å². The molecule has 0 aliphatic heterocycles. The van der Waals surface area contributed by atoms with E-state index >= 15 is 0 Å². The van der Waals surface area contributed by atoms with Crippen molar-refractivity contribution < 1.29 is 8.42 Å². The van der Waals surface area contributed by atoms with Crippen LogP contribution in [0.1, 0.15) is 6.42 Å². The lowest BCUT2D eigenvalue weighted by atomic mass is 10.3. The van der Waals surface area contributed by atoms with Crippen LogP contribution in [-0.4, -0.2) is 37.7 Å². The van der Waals surface area contributed by atoms with E-state index in [-0.39, 0.29) is 0 Å². The van der Waals surface area contributed by atoms with Gasteiger partial charge in [0, 0.05) is 13.1 Å².